The van der Waals surface area contributed by atoms with Gasteiger partial charge in [0.25, 0.3) is 0 Å². The van der Waals surface area contributed by atoms with Crippen LogP contribution in [-0.2, 0) is 6.54 Å². The first kappa shape index (κ1) is 4.40. The van der Waals surface area contributed by atoms with Gasteiger partial charge in [-0.05, 0) is 11.9 Å². The van der Waals surface area contributed by atoms with Crippen LogP contribution in [0.3, 0.4) is 0 Å². The maximum atomic E-state index is 3.86. The van der Waals surface area contributed by atoms with Gasteiger partial charge in [-0.15, -0.1) is 0 Å². The minimum Gasteiger partial charge on any atom is -0.280 e. The third-order valence-electron chi connectivity index (χ3n) is 1.11. The summed E-state index contributed by atoms with van der Waals surface area (Å²) in [5, 5.41) is 6.74. The van der Waals surface area contributed by atoms with Crippen LogP contribution in [0, 0.1) is 0 Å². The number of fused-ring (bicyclic) bond motifs is 1. The van der Waals surface area contributed by atoms with Crippen LogP contribution in [0.15, 0.2) is 11.1 Å². The van der Waals surface area contributed by atoms with E-state index in [9.17, 15) is 0 Å². The van der Waals surface area contributed by atoms with Crippen molar-refractivity contribution in [3.63, 3.8) is 0 Å². The van der Waals surface area contributed by atoms with E-state index in [0.29, 0.717) is 0 Å². The molecule has 0 spiro atoms. The van der Waals surface area contributed by atoms with Crippen LogP contribution in [0.1, 0.15) is 5.69 Å². The molecular weight excluding hydrogens is 122 g/mol. The fraction of sp³-hybridized carbons (Fsp3) is 0.250. The molecule has 2 N–H and O–H groups in total. The molecule has 0 aliphatic carbocycles. The number of aromatic nitrogens is 2. The molecule has 0 amide bonds. The van der Waals surface area contributed by atoms with Gasteiger partial charge in [0.15, 0.2) is 0 Å². The molecule has 1 aliphatic heterocycles. The molecule has 0 bridgehead atoms. The van der Waals surface area contributed by atoms with Crippen molar-refractivity contribution in [2.45, 2.75) is 11.4 Å². The normalized spacial score (nSPS) is 16.5. The second kappa shape index (κ2) is 1.50. The van der Waals surface area contributed by atoms with Crippen LogP contribution < -0.4 is 4.72 Å². The van der Waals surface area contributed by atoms with Gasteiger partial charge in [0.2, 0.25) is 0 Å². The predicted molar refractivity (Wildman–Crippen MR) is 31.3 cm³/mol. The zero-order chi connectivity index (χ0) is 5.40. The van der Waals surface area contributed by atoms with Crippen molar-refractivity contribution < 1.29 is 0 Å². The van der Waals surface area contributed by atoms with Crippen LogP contribution >= 0.6 is 11.9 Å². The van der Waals surface area contributed by atoms with Crippen molar-refractivity contribution in [2.24, 2.45) is 0 Å². The molecule has 2 heterocycles. The summed E-state index contributed by atoms with van der Waals surface area (Å²) >= 11 is 1.63. The summed E-state index contributed by atoms with van der Waals surface area (Å²) in [6, 6.07) is 0. The lowest BCUT2D eigenvalue weighted by Crippen LogP contribution is -1.93. The maximum absolute atomic E-state index is 3.86. The minimum atomic E-state index is 0.917. The summed E-state index contributed by atoms with van der Waals surface area (Å²) in [5.41, 5.74) is 1.20. The maximum Gasteiger partial charge on any atom is 0.0651 e. The summed E-state index contributed by atoms with van der Waals surface area (Å²) in [4.78, 5) is 1.23. The van der Waals surface area contributed by atoms with Gasteiger partial charge in [0.05, 0.1) is 16.8 Å². The highest BCUT2D eigenvalue weighted by Gasteiger charge is 2.10. The molecular formula is C4H5N3S. The zero-order valence-electron chi connectivity index (χ0n) is 4.14. The van der Waals surface area contributed by atoms with Crippen molar-refractivity contribution in [1.82, 2.24) is 14.9 Å². The van der Waals surface area contributed by atoms with Gasteiger partial charge < -0.3 is 0 Å². The van der Waals surface area contributed by atoms with Crippen LogP contribution in [0.5, 0.6) is 0 Å². The van der Waals surface area contributed by atoms with E-state index in [-0.39, 0.29) is 0 Å². The van der Waals surface area contributed by atoms with Crippen LogP contribution in [0.25, 0.3) is 0 Å². The fourth-order valence-electron chi connectivity index (χ4n) is 0.702. The highest BCUT2D eigenvalue weighted by molar-refractivity contribution is 7.97. The molecule has 3 nitrogen and oxygen atoms in total. The highest BCUT2D eigenvalue weighted by atomic mass is 32.2. The topological polar surface area (TPSA) is 40.7 Å². The molecule has 2 rings (SSSR count). The number of aromatic amines is 1. The minimum absolute atomic E-state index is 0.917. The molecule has 0 aromatic carbocycles. The second-order valence-electron chi connectivity index (χ2n) is 1.64. The summed E-state index contributed by atoms with van der Waals surface area (Å²) < 4.78 is 3.11. The first-order valence-electron chi connectivity index (χ1n) is 2.39. The smallest absolute Gasteiger partial charge is 0.0651 e. The molecule has 1 aromatic heterocycles. The van der Waals surface area contributed by atoms with Gasteiger partial charge in [-0.3, -0.25) is 9.82 Å². The standard InChI is InChI=1S/C4H5N3S/c1-3-4(8-6-1)2-5-7-3/h2,6H,1H2,(H,5,7). The SMILES string of the molecule is c1n[nH]c2c1SNC2. The first-order valence-corrected chi connectivity index (χ1v) is 3.20. The largest absolute Gasteiger partial charge is 0.280 e. The van der Waals surface area contributed by atoms with E-state index >= 15 is 0 Å². The highest BCUT2D eigenvalue weighted by Crippen LogP contribution is 2.23. The number of nitrogens with one attached hydrogen (secondary N) is 2. The van der Waals surface area contributed by atoms with E-state index in [1.165, 1.54) is 10.6 Å². The summed E-state index contributed by atoms with van der Waals surface area (Å²) in [5.74, 6) is 0. The molecule has 8 heavy (non-hydrogen) atoms. The van der Waals surface area contributed by atoms with Gasteiger partial charge in [-0.1, -0.05) is 0 Å². The average Bonchev–Trinajstić information content (AvgIpc) is 2.15. The Kier molecular flexibility index (Phi) is 0.824. The Morgan fingerprint density at radius 1 is 1.75 bits per heavy atom. The molecule has 0 atom stereocenters. The number of rotatable bonds is 0. The van der Waals surface area contributed by atoms with E-state index in [0.717, 1.165) is 6.54 Å². The van der Waals surface area contributed by atoms with Crippen molar-refractivity contribution >= 4 is 11.9 Å². The van der Waals surface area contributed by atoms with Crippen LogP contribution in [0.2, 0.25) is 0 Å². The molecule has 1 aromatic rings. The molecule has 0 unspecified atom stereocenters. The molecule has 0 radical (unpaired) electrons. The number of hydrogen-bond acceptors (Lipinski definition) is 3. The van der Waals surface area contributed by atoms with Gasteiger partial charge in [0.1, 0.15) is 0 Å². The molecule has 0 fully saturated rings. The monoisotopic (exact) mass is 127 g/mol. The van der Waals surface area contributed by atoms with Crippen molar-refractivity contribution in [3.05, 3.63) is 11.9 Å². The molecule has 0 saturated carbocycles. The lowest BCUT2D eigenvalue weighted by Gasteiger charge is -1.81. The number of H-pyrrole nitrogens is 1. The Bertz CT molecular complexity index is 176. The lowest BCUT2D eigenvalue weighted by molar-refractivity contribution is 0.908. The van der Waals surface area contributed by atoms with Crippen LogP contribution in [-0.4, -0.2) is 10.2 Å². The summed E-state index contributed by atoms with van der Waals surface area (Å²) in [6.07, 6.45) is 1.83. The van der Waals surface area contributed by atoms with E-state index in [2.05, 4.69) is 14.9 Å². The van der Waals surface area contributed by atoms with Crippen molar-refractivity contribution in [1.29, 1.82) is 0 Å². The third-order valence-corrected chi connectivity index (χ3v) is 1.97. The fourth-order valence-corrected chi connectivity index (χ4v) is 1.42. The van der Waals surface area contributed by atoms with Crippen molar-refractivity contribution in [3.8, 4) is 0 Å². The lowest BCUT2D eigenvalue weighted by atomic mass is 10.4. The first-order chi connectivity index (χ1) is 3.97. The quantitative estimate of drug-likeness (QED) is 0.499. The average molecular weight is 127 g/mol. The van der Waals surface area contributed by atoms with Gasteiger partial charge >= 0.3 is 0 Å². The zero-order valence-corrected chi connectivity index (χ0v) is 4.96. The molecule has 4 heteroatoms. The third kappa shape index (κ3) is 0.468. The number of nitrogens with zero attached hydrogens (tertiary/aromatic N) is 1. The Morgan fingerprint density at radius 3 is 3.62 bits per heavy atom. The summed E-state index contributed by atoms with van der Waals surface area (Å²) in [7, 11) is 0. The Morgan fingerprint density at radius 2 is 2.75 bits per heavy atom. The van der Waals surface area contributed by atoms with Crippen LogP contribution in [0.4, 0.5) is 0 Å². The van der Waals surface area contributed by atoms with E-state index < -0.39 is 0 Å². The number of hydrogen-bond donors (Lipinski definition) is 2. The Hall–Kier alpha value is -0.480. The van der Waals surface area contributed by atoms with E-state index in [1.807, 2.05) is 6.20 Å². The molecule has 0 saturated heterocycles. The Labute approximate surface area is 51.0 Å². The van der Waals surface area contributed by atoms with Gasteiger partial charge in [0, 0.05) is 6.54 Å². The van der Waals surface area contributed by atoms with Crippen molar-refractivity contribution in [2.75, 3.05) is 0 Å². The summed E-state index contributed by atoms with van der Waals surface area (Å²) in [6.45, 7) is 0.917. The second-order valence-corrected chi connectivity index (χ2v) is 2.57. The predicted octanol–water partition coefficient (Wildman–Crippen LogP) is 0.520. The van der Waals surface area contributed by atoms with Gasteiger partial charge in [-0.2, -0.15) is 5.10 Å². The van der Waals surface area contributed by atoms with E-state index in [1.54, 1.807) is 11.9 Å². The van der Waals surface area contributed by atoms with E-state index in [4.69, 9.17) is 0 Å². The molecule has 42 valence electrons. The molecule has 1 aliphatic rings. The van der Waals surface area contributed by atoms with Gasteiger partial charge in [-0.25, -0.2) is 0 Å². The Balaban J connectivity index is 2.54.